The van der Waals surface area contributed by atoms with Crippen LogP contribution < -0.4 is 15.8 Å². The van der Waals surface area contributed by atoms with Gasteiger partial charge in [-0.1, -0.05) is 13.8 Å². The van der Waals surface area contributed by atoms with Gasteiger partial charge in [0, 0.05) is 18.0 Å². The number of nitrogens with two attached hydrogens (primary N) is 1. The molecule has 0 spiro atoms. The quantitative estimate of drug-likeness (QED) is 0.845. The van der Waals surface area contributed by atoms with E-state index in [1.54, 1.807) is 13.2 Å². The van der Waals surface area contributed by atoms with Crippen LogP contribution in [0.3, 0.4) is 0 Å². The average molecular weight is 256 g/mol. The molecule has 0 saturated heterocycles. The Balaban J connectivity index is 2.77. The first-order chi connectivity index (χ1) is 7.92. The maximum Gasteiger partial charge on any atom is 0.261 e. The van der Waals surface area contributed by atoms with Crippen molar-refractivity contribution in [2.45, 2.75) is 26.3 Å². The highest BCUT2D eigenvalue weighted by atomic mass is 32.1. The van der Waals surface area contributed by atoms with E-state index in [1.165, 1.54) is 11.3 Å². The van der Waals surface area contributed by atoms with Crippen LogP contribution in [0.5, 0.6) is 5.75 Å². The van der Waals surface area contributed by atoms with Crippen molar-refractivity contribution < 1.29 is 9.53 Å². The molecule has 96 valence electrons. The second-order valence-corrected chi connectivity index (χ2v) is 5.49. The summed E-state index contributed by atoms with van der Waals surface area (Å²) in [6, 6.07) is 1.73. The summed E-state index contributed by atoms with van der Waals surface area (Å²) in [5, 5.41) is 4.80. The third-order valence-corrected chi connectivity index (χ3v) is 4.04. The van der Waals surface area contributed by atoms with Gasteiger partial charge < -0.3 is 15.8 Å². The smallest absolute Gasteiger partial charge is 0.261 e. The lowest BCUT2D eigenvalue weighted by atomic mass is 9.88. The van der Waals surface area contributed by atoms with Crippen LogP contribution in [-0.2, 0) is 0 Å². The van der Waals surface area contributed by atoms with Gasteiger partial charge in [-0.15, -0.1) is 11.3 Å². The Kier molecular flexibility index (Phi) is 4.54. The van der Waals surface area contributed by atoms with Crippen LogP contribution in [0.15, 0.2) is 11.4 Å². The van der Waals surface area contributed by atoms with Gasteiger partial charge in [-0.2, -0.15) is 0 Å². The van der Waals surface area contributed by atoms with Gasteiger partial charge in [-0.05, 0) is 12.8 Å². The van der Waals surface area contributed by atoms with E-state index >= 15 is 0 Å². The molecule has 4 nitrogen and oxygen atoms in total. The minimum Gasteiger partial charge on any atom is -0.496 e. The molecular formula is C12H20N2O2S. The number of carbonyl (C=O) groups excluding carboxylic acids is 1. The van der Waals surface area contributed by atoms with E-state index in [9.17, 15) is 4.79 Å². The van der Waals surface area contributed by atoms with Crippen molar-refractivity contribution in [1.29, 1.82) is 0 Å². The topological polar surface area (TPSA) is 64.3 Å². The Labute approximate surface area is 106 Å². The number of hydrogen-bond donors (Lipinski definition) is 2. The second kappa shape index (κ2) is 5.51. The van der Waals surface area contributed by atoms with Gasteiger partial charge in [0.05, 0.1) is 17.5 Å². The molecule has 0 bridgehead atoms. The molecule has 0 aliphatic heterocycles. The summed E-state index contributed by atoms with van der Waals surface area (Å²) in [5.41, 5.74) is 5.35. The minimum atomic E-state index is -0.381. The van der Waals surface area contributed by atoms with Crippen LogP contribution in [-0.4, -0.2) is 25.1 Å². The molecule has 1 amide bonds. The Morgan fingerprint density at radius 2 is 2.29 bits per heavy atom. The van der Waals surface area contributed by atoms with Gasteiger partial charge in [0.25, 0.3) is 5.91 Å². The summed E-state index contributed by atoms with van der Waals surface area (Å²) in [6.45, 7) is 6.46. The highest BCUT2D eigenvalue weighted by Crippen LogP contribution is 2.22. The zero-order valence-corrected chi connectivity index (χ0v) is 11.6. The molecule has 0 saturated carbocycles. The molecule has 1 heterocycles. The fourth-order valence-electron chi connectivity index (χ4n) is 1.30. The summed E-state index contributed by atoms with van der Waals surface area (Å²) in [6.07, 6.45) is 0. The van der Waals surface area contributed by atoms with Crippen LogP contribution in [0, 0.1) is 5.92 Å². The van der Waals surface area contributed by atoms with E-state index in [-0.39, 0.29) is 17.4 Å². The lowest BCUT2D eigenvalue weighted by Gasteiger charge is -2.33. The normalized spacial score (nSPS) is 14.5. The molecule has 0 aliphatic carbocycles. The summed E-state index contributed by atoms with van der Waals surface area (Å²) >= 11 is 1.37. The highest BCUT2D eigenvalue weighted by molar-refractivity contribution is 7.12. The number of methoxy groups -OCH3 is 1. The largest absolute Gasteiger partial charge is 0.496 e. The van der Waals surface area contributed by atoms with Gasteiger partial charge in [0.2, 0.25) is 0 Å². The van der Waals surface area contributed by atoms with Crippen LogP contribution in [0.1, 0.15) is 30.4 Å². The molecule has 0 radical (unpaired) electrons. The third kappa shape index (κ3) is 3.20. The Morgan fingerprint density at radius 3 is 2.71 bits per heavy atom. The first kappa shape index (κ1) is 14.0. The third-order valence-electron chi connectivity index (χ3n) is 3.13. The zero-order chi connectivity index (χ0) is 13.1. The summed E-state index contributed by atoms with van der Waals surface area (Å²) < 4.78 is 5.05. The molecule has 1 atom stereocenters. The fourth-order valence-corrected chi connectivity index (χ4v) is 2.05. The molecule has 1 aromatic rings. The van der Waals surface area contributed by atoms with Crippen molar-refractivity contribution >= 4 is 17.2 Å². The van der Waals surface area contributed by atoms with E-state index in [2.05, 4.69) is 5.32 Å². The first-order valence-electron chi connectivity index (χ1n) is 5.58. The van der Waals surface area contributed by atoms with Crippen molar-refractivity contribution in [2.75, 3.05) is 13.7 Å². The van der Waals surface area contributed by atoms with Crippen molar-refractivity contribution in [3.05, 3.63) is 16.3 Å². The monoisotopic (exact) mass is 256 g/mol. The standard InChI is InChI=1S/C12H20N2O2S/c1-8(2)12(3,7-13)14-11(15)10-5-9(16-4)6-17-10/h5-6,8H,7,13H2,1-4H3,(H,14,15). The lowest BCUT2D eigenvalue weighted by Crippen LogP contribution is -2.54. The number of ether oxygens (including phenoxy) is 1. The van der Waals surface area contributed by atoms with E-state index in [0.29, 0.717) is 17.2 Å². The summed E-state index contributed by atoms with van der Waals surface area (Å²) in [4.78, 5) is 12.7. The molecule has 3 N–H and O–H groups in total. The van der Waals surface area contributed by atoms with E-state index in [1.807, 2.05) is 26.2 Å². The van der Waals surface area contributed by atoms with Crippen LogP contribution in [0.2, 0.25) is 0 Å². The number of hydrogen-bond acceptors (Lipinski definition) is 4. The van der Waals surface area contributed by atoms with E-state index in [4.69, 9.17) is 10.5 Å². The Hall–Kier alpha value is -1.07. The van der Waals surface area contributed by atoms with Crippen molar-refractivity contribution in [3.8, 4) is 5.75 Å². The fraction of sp³-hybridized carbons (Fsp3) is 0.583. The van der Waals surface area contributed by atoms with Gasteiger partial charge >= 0.3 is 0 Å². The molecule has 0 aromatic carbocycles. The number of carbonyl (C=O) groups is 1. The van der Waals surface area contributed by atoms with Crippen molar-refractivity contribution in [2.24, 2.45) is 11.7 Å². The number of nitrogens with one attached hydrogen (secondary N) is 1. The molecular weight excluding hydrogens is 236 g/mol. The zero-order valence-electron chi connectivity index (χ0n) is 10.7. The van der Waals surface area contributed by atoms with E-state index in [0.717, 1.165) is 0 Å². The lowest BCUT2D eigenvalue weighted by molar-refractivity contribution is 0.0887. The number of amides is 1. The van der Waals surface area contributed by atoms with Crippen molar-refractivity contribution in [3.63, 3.8) is 0 Å². The molecule has 5 heteroatoms. The maximum atomic E-state index is 12.0. The first-order valence-corrected chi connectivity index (χ1v) is 6.46. The number of thiophene rings is 1. The van der Waals surface area contributed by atoms with Gasteiger partial charge in [-0.3, -0.25) is 4.79 Å². The van der Waals surface area contributed by atoms with Crippen molar-refractivity contribution in [1.82, 2.24) is 5.32 Å². The summed E-state index contributed by atoms with van der Waals surface area (Å²) in [5.74, 6) is 0.886. The van der Waals surface area contributed by atoms with Gasteiger partial charge in [0.15, 0.2) is 0 Å². The van der Waals surface area contributed by atoms with Gasteiger partial charge in [-0.25, -0.2) is 0 Å². The molecule has 17 heavy (non-hydrogen) atoms. The highest BCUT2D eigenvalue weighted by Gasteiger charge is 2.29. The van der Waals surface area contributed by atoms with Crippen LogP contribution >= 0.6 is 11.3 Å². The molecule has 1 rings (SSSR count). The van der Waals surface area contributed by atoms with Crippen LogP contribution in [0.4, 0.5) is 0 Å². The predicted molar refractivity (Wildman–Crippen MR) is 70.6 cm³/mol. The summed E-state index contributed by atoms with van der Waals surface area (Å²) in [7, 11) is 1.59. The van der Waals surface area contributed by atoms with Crippen LogP contribution in [0.25, 0.3) is 0 Å². The molecule has 0 fully saturated rings. The maximum absolute atomic E-state index is 12.0. The minimum absolute atomic E-state index is 0.0973. The SMILES string of the molecule is COc1csc(C(=O)NC(C)(CN)C(C)C)c1. The van der Waals surface area contributed by atoms with Gasteiger partial charge in [0.1, 0.15) is 5.75 Å². The molecule has 1 unspecified atom stereocenters. The Bertz CT molecular complexity index is 390. The molecule has 1 aromatic heterocycles. The van der Waals surface area contributed by atoms with E-state index < -0.39 is 0 Å². The predicted octanol–water partition coefficient (Wildman–Crippen LogP) is 1.86. The Morgan fingerprint density at radius 1 is 1.65 bits per heavy atom. The molecule has 0 aliphatic rings. The average Bonchev–Trinajstić information content (AvgIpc) is 2.77. The number of rotatable bonds is 5. The second-order valence-electron chi connectivity index (χ2n) is 4.58.